The molecule has 0 aliphatic carbocycles. The number of nitrogens with zero attached hydrogens (tertiary/aromatic N) is 5. The maximum Gasteiger partial charge on any atom is 0.329 e. The fourth-order valence-corrected chi connectivity index (χ4v) is 4.49. The van der Waals surface area contributed by atoms with Crippen LogP contribution in [0.4, 0.5) is 0 Å². The zero-order chi connectivity index (χ0) is 22.8. The molecule has 4 rings (SSSR count). The summed E-state index contributed by atoms with van der Waals surface area (Å²) < 4.78 is 5.97. The molecule has 0 bridgehead atoms. The Bertz CT molecular complexity index is 1290. The van der Waals surface area contributed by atoms with Gasteiger partial charge in [0.25, 0.3) is 0 Å². The molecule has 0 fully saturated rings. The standard InChI is InChI=1S/C26H33N5O/c1-6-30-22-13-12-21(17-23(22)31(7-2)26(30)32)25-24(20-11-8-10-19(3)16-20)27-18-29(25)15-9-14-28(4)5/h8,10-13,16-18H,6-7,9,14-15H2,1-5H3. The molecule has 0 saturated heterocycles. The van der Waals surface area contributed by atoms with Gasteiger partial charge in [-0.3, -0.25) is 9.13 Å². The van der Waals surface area contributed by atoms with Gasteiger partial charge in [0.05, 0.1) is 28.7 Å². The first kappa shape index (κ1) is 22.1. The normalized spacial score (nSPS) is 11.7. The highest BCUT2D eigenvalue weighted by molar-refractivity contribution is 5.86. The minimum Gasteiger partial charge on any atom is -0.330 e. The van der Waals surface area contributed by atoms with Crippen LogP contribution in [0.25, 0.3) is 33.5 Å². The van der Waals surface area contributed by atoms with Crippen molar-refractivity contribution in [3.8, 4) is 22.5 Å². The van der Waals surface area contributed by atoms with Gasteiger partial charge in [-0.1, -0.05) is 29.8 Å². The summed E-state index contributed by atoms with van der Waals surface area (Å²) in [5.41, 5.74) is 7.53. The molecule has 2 heterocycles. The van der Waals surface area contributed by atoms with Crippen molar-refractivity contribution in [2.45, 2.75) is 46.8 Å². The molecule has 6 nitrogen and oxygen atoms in total. The van der Waals surface area contributed by atoms with E-state index in [-0.39, 0.29) is 5.69 Å². The van der Waals surface area contributed by atoms with Crippen molar-refractivity contribution in [1.82, 2.24) is 23.6 Å². The molecule has 0 aliphatic heterocycles. The van der Waals surface area contributed by atoms with Crippen LogP contribution >= 0.6 is 0 Å². The van der Waals surface area contributed by atoms with E-state index >= 15 is 0 Å². The quantitative estimate of drug-likeness (QED) is 0.409. The van der Waals surface area contributed by atoms with Gasteiger partial charge in [-0.05, 0) is 66.0 Å². The van der Waals surface area contributed by atoms with Crippen LogP contribution in [0.15, 0.2) is 53.6 Å². The van der Waals surface area contributed by atoms with E-state index in [4.69, 9.17) is 4.98 Å². The van der Waals surface area contributed by atoms with Crippen LogP contribution in [0.3, 0.4) is 0 Å². The van der Waals surface area contributed by atoms with Crippen LogP contribution < -0.4 is 5.69 Å². The van der Waals surface area contributed by atoms with Gasteiger partial charge in [-0.25, -0.2) is 9.78 Å². The molecule has 2 aromatic carbocycles. The number of hydrogen-bond acceptors (Lipinski definition) is 3. The van der Waals surface area contributed by atoms with Crippen molar-refractivity contribution in [1.29, 1.82) is 0 Å². The Morgan fingerprint density at radius 3 is 2.38 bits per heavy atom. The highest BCUT2D eigenvalue weighted by atomic mass is 16.1. The number of imidazole rings is 2. The summed E-state index contributed by atoms with van der Waals surface area (Å²) in [5, 5.41) is 0. The van der Waals surface area contributed by atoms with Gasteiger partial charge in [0.1, 0.15) is 0 Å². The predicted octanol–water partition coefficient (Wildman–Crippen LogP) is 4.63. The average molecular weight is 432 g/mol. The third-order valence-electron chi connectivity index (χ3n) is 6.06. The van der Waals surface area contributed by atoms with Gasteiger partial charge in [0.15, 0.2) is 0 Å². The summed E-state index contributed by atoms with van der Waals surface area (Å²) in [5.74, 6) is 0. The first-order valence-corrected chi connectivity index (χ1v) is 11.4. The Kier molecular flexibility index (Phi) is 6.33. The third-order valence-corrected chi connectivity index (χ3v) is 6.06. The van der Waals surface area contributed by atoms with E-state index in [1.165, 1.54) is 5.56 Å². The van der Waals surface area contributed by atoms with E-state index in [9.17, 15) is 4.79 Å². The van der Waals surface area contributed by atoms with E-state index in [0.717, 1.165) is 53.1 Å². The Labute approximate surface area is 189 Å². The van der Waals surface area contributed by atoms with Gasteiger partial charge in [0, 0.05) is 30.8 Å². The van der Waals surface area contributed by atoms with Crippen LogP contribution in [-0.2, 0) is 19.6 Å². The number of aryl methyl sites for hydroxylation is 4. The van der Waals surface area contributed by atoms with Gasteiger partial charge in [-0.2, -0.15) is 0 Å². The number of rotatable bonds is 8. The Morgan fingerprint density at radius 1 is 0.938 bits per heavy atom. The Hall–Kier alpha value is -3.12. The largest absolute Gasteiger partial charge is 0.330 e. The maximum atomic E-state index is 12.8. The minimum absolute atomic E-state index is 0.0561. The second-order valence-electron chi connectivity index (χ2n) is 8.64. The Morgan fingerprint density at radius 2 is 1.69 bits per heavy atom. The van der Waals surface area contributed by atoms with E-state index in [1.807, 2.05) is 29.3 Å². The zero-order valence-electron chi connectivity index (χ0n) is 19.8. The van der Waals surface area contributed by atoms with Crippen molar-refractivity contribution < 1.29 is 0 Å². The summed E-state index contributed by atoms with van der Waals surface area (Å²) >= 11 is 0. The lowest BCUT2D eigenvalue weighted by atomic mass is 10.0. The van der Waals surface area contributed by atoms with E-state index < -0.39 is 0 Å². The molecule has 0 atom stereocenters. The van der Waals surface area contributed by atoms with Gasteiger partial charge < -0.3 is 9.47 Å². The minimum atomic E-state index is 0.0561. The van der Waals surface area contributed by atoms with Crippen LogP contribution in [0.5, 0.6) is 0 Å². The van der Waals surface area contributed by atoms with Crippen LogP contribution in [0.1, 0.15) is 25.8 Å². The van der Waals surface area contributed by atoms with Crippen LogP contribution in [-0.4, -0.2) is 44.2 Å². The summed E-state index contributed by atoms with van der Waals surface area (Å²) in [7, 11) is 4.20. The molecule has 2 aromatic heterocycles. The molecule has 4 aromatic rings. The lowest BCUT2D eigenvalue weighted by Gasteiger charge is -2.14. The summed E-state index contributed by atoms with van der Waals surface area (Å²) in [6, 6.07) is 14.9. The first-order chi connectivity index (χ1) is 15.4. The molecule has 168 valence electrons. The number of fused-ring (bicyclic) bond motifs is 1. The third kappa shape index (κ3) is 4.02. The van der Waals surface area contributed by atoms with Crippen LogP contribution in [0.2, 0.25) is 0 Å². The van der Waals surface area contributed by atoms with Gasteiger partial charge in [-0.15, -0.1) is 0 Å². The lowest BCUT2D eigenvalue weighted by Crippen LogP contribution is -2.23. The number of aromatic nitrogens is 4. The second kappa shape index (κ2) is 9.17. The fourth-order valence-electron chi connectivity index (χ4n) is 4.49. The molecule has 0 unspecified atom stereocenters. The van der Waals surface area contributed by atoms with Gasteiger partial charge in [0.2, 0.25) is 0 Å². The first-order valence-electron chi connectivity index (χ1n) is 11.4. The second-order valence-corrected chi connectivity index (χ2v) is 8.64. The van der Waals surface area contributed by atoms with E-state index in [1.54, 1.807) is 0 Å². The molecule has 32 heavy (non-hydrogen) atoms. The van der Waals surface area contributed by atoms with Crippen molar-refractivity contribution >= 4 is 11.0 Å². The molecular formula is C26H33N5O. The zero-order valence-corrected chi connectivity index (χ0v) is 19.8. The predicted molar refractivity (Wildman–Crippen MR) is 132 cm³/mol. The molecule has 6 heteroatoms. The maximum absolute atomic E-state index is 12.8. The molecule has 0 aliphatic rings. The highest BCUT2D eigenvalue weighted by Gasteiger charge is 2.18. The smallest absolute Gasteiger partial charge is 0.329 e. The summed E-state index contributed by atoms with van der Waals surface area (Å²) in [6.45, 7) is 9.38. The molecular weight excluding hydrogens is 398 g/mol. The van der Waals surface area contributed by atoms with E-state index in [0.29, 0.717) is 13.1 Å². The summed E-state index contributed by atoms with van der Waals surface area (Å²) in [4.78, 5) is 19.9. The SMILES string of the molecule is CCn1c(=O)n(CC)c2cc(-c3c(-c4cccc(C)c4)ncn3CCCN(C)C)ccc21. The average Bonchev–Trinajstić information content (AvgIpc) is 3.30. The highest BCUT2D eigenvalue weighted by Crippen LogP contribution is 2.33. The topological polar surface area (TPSA) is 48.0 Å². The van der Waals surface area contributed by atoms with E-state index in [2.05, 4.69) is 73.0 Å². The molecule has 0 N–H and O–H groups in total. The molecule has 0 spiro atoms. The molecule has 0 saturated carbocycles. The molecule has 0 amide bonds. The van der Waals surface area contributed by atoms with Crippen LogP contribution in [0, 0.1) is 6.92 Å². The summed E-state index contributed by atoms with van der Waals surface area (Å²) in [6.07, 6.45) is 2.99. The monoisotopic (exact) mass is 431 g/mol. The number of hydrogen-bond donors (Lipinski definition) is 0. The molecule has 0 radical (unpaired) electrons. The van der Waals surface area contributed by atoms with Crippen molar-refractivity contribution in [2.75, 3.05) is 20.6 Å². The fraction of sp³-hybridized carbons (Fsp3) is 0.385. The number of benzene rings is 2. The lowest BCUT2D eigenvalue weighted by molar-refractivity contribution is 0.387. The van der Waals surface area contributed by atoms with Crippen molar-refractivity contribution in [3.05, 3.63) is 64.8 Å². The van der Waals surface area contributed by atoms with Crippen molar-refractivity contribution in [2.24, 2.45) is 0 Å². The Balaban J connectivity index is 1.89. The van der Waals surface area contributed by atoms with Gasteiger partial charge >= 0.3 is 5.69 Å². The van der Waals surface area contributed by atoms with Crippen molar-refractivity contribution in [3.63, 3.8) is 0 Å².